The van der Waals surface area contributed by atoms with E-state index >= 15 is 0 Å². The van der Waals surface area contributed by atoms with Crippen molar-refractivity contribution in [1.29, 1.82) is 0 Å². The number of carbonyl (C=O) groups excluding carboxylic acids is 2. The van der Waals surface area contributed by atoms with Gasteiger partial charge >= 0.3 is 0 Å². The van der Waals surface area contributed by atoms with Crippen molar-refractivity contribution >= 4 is 17.8 Å². The molecule has 0 N–H and O–H groups in total. The van der Waals surface area contributed by atoms with E-state index in [1.807, 2.05) is 60.7 Å². The summed E-state index contributed by atoms with van der Waals surface area (Å²) in [6, 6.07) is 19.3. The average Bonchev–Trinajstić information content (AvgIpc) is 2.55. The van der Waals surface area contributed by atoms with E-state index in [0.29, 0.717) is 12.8 Å². The van der Waals surface area contributed by atoms with Crippen LogP contribution in [0.1, 0.15) is 17.5 Å². The molecule has 2 rings (SSSR count). The van der Waals surface area contributed by atoms with E-state index in [1.54, 1.807) is 12.0 Å². The Morgan fingerprint density at radius 3 is 2.19 bits per heavy atom. The van der Waals surface area contributed by atoms with Gasteiger partial charge in [0.15, 0.2) is 5.78 Å². The van der Waals surface area contributed by atoms with Gasteiger partial charge in [0.25, 0.3) is 0 Å². The third kappa shape index (κ3) is 4.72. The maximum Gasteiger partial charge on any atom is 0.192 e. The van der Waals surface area contributed by atoms with Crippen LogP contribution in [0.15, 0.2) is 72.3 Å². The van der Waals surface area contributed by atoms with Gasteiger partial charge < -0.3 is 0 Å². The minimum atomic E-state index is -0.273. The minimum Gasteiger partial charge on any atom is -0.289 e. The molecule has 0 saturated carbocycles. The van der Waals surface area contributed by atoms with E-state index < -0.39 is 0 Å². The molecule has 0 aromatic heterocycles. The van der Waals surface area contributed by atoms with Gasteiger partial charge in [0.05, 0.1) is 5.57 Å². The summed E-state index contributed by atoms with van der Waals surface area (Å²) in [4.78, 5) is 22.9. The van der Waals surface area contributed by atoms with Gasteiger partial charge in [-0.25, -0.2) is 4.79 Å². The first-order valence-corrected chi connectivity index (χ1v) is 6.85. The molecule has 0 unspecified atom stereocenters. The second kappa shape index (κ2) is 7.78. The number of carbonyl (C=O) groups is 1. The van der Waals surface area contributed by atoms with Crippen molar-refractivity contribution in [2.75, 3.05) is 0 Å². The third-order valence-corrected chi connectivity index (χ3v) is 3.15. The fourth-order valence-corrected chi connectivity index (χ4v) is 1.98. The molecule has 0 radical (unpaired) electrons. The fraction of sp³-hybridized carbons (Fsp3) is 0.105. The van der Waals surface area contributed by atoms with E-state index in [1.165, 1.54) is 6.08 Å². The SMILES string of the molecule is O=C=C(CCc1ccccc1)C(=O)/C=C/c1ccccc1. The number of ketones is 1. The van der Waals surface area contributed by atoms with Gasteiger partial charge in [0.1, 0.15) is 5.94 Å². The van der Waals surface area contributed by atoms with E-state index in [0.717, 1.165) is 11.1 Å². The van der Waals surface area contributed by atoms with Crippen LogP contribution in [0, 0.1) is 0 Å². The Morgan fingerprint density at radius 1 is 0.952 bits per heavy atom. The highest BCUT2D eigenvalue weighted by atomic mass is 16.1. The first-order chi connectivity index (χ1) is 10.3. The molecule has 2 nitrogen and oxygen atoms in total. The van der Waals surface area contributed by atoms with Crippen molar-refractivity contribution in [2.24, 2.45) is 0 Å². The molecule has 0 aliphatic carbocycles. The molecular formula is C19H16O2. The summed E-state index contributed by atoms with van der Waals surface area (Å²) in [5.41, 5.74) is 2.22. The second-order valence-corrected chi connectivity index (χ2v) is 4.67. The molecule has 2 heteroatoms. The highest BCUT2D eigenvalue weighted by Crippen LogP contribution is 2.09. The summed E-state index contributed by atoms with van der Waals surface area (Å²) in [5, 5.41) is 0. The molecule has 2 aromatic rings. The van der Waals surface area contributed by atoms with Crippen LogP contribution in [0.2, 0.25) is 0 Å². The van der Waals surface area contributed by atoms with E-state index in [-0.39, 0.29) is 11.4 Å². The quantitative estimate of drug-likeness (QED) is 0.596. The molecular weight excluding hydrogens is 260 g/mol. The Morgan fingerprint density at radius 2 is 1.57 bits per heavy atom. The zero-order chi connectivity index (χ0) is 14.9. The Labute approximate surface area is 124 Å². The van der Waals surface area contributed by atoms with E-state index in [9.17, 15) is 9.59 Å². The number of benzene rings is 2. The lowest BCUT2D eigenvalue weighted by molar-refractivity contribution is -0.111. The fourth-order valence-electron chi connectivity index (χ4n) is 1.98. The molecule has 0 aliphatic heterocycles. The number of aryl methyl sites for hydroxylation is 1. The van der Waals surface area contributed by atoms with Gasteiger partial charge in [-0.1, -0.05) is 66.7 Å². The Bertz CT molecular complexity index is 663. The molecule has 0 bridgehead atoms. The van der Waals surface area contributed by atoms with Crippen LogP contribution in [0.5, 0.6) is 0 Å². The molecule has 2 aromatic carbocycles. The molecule has 0 aliphatic rings. The molecule has 0 fully saturated rings. The summed E-state index contributed by atoms with van der Waals surface area (Å²) in [7, 11) is 0. The van der Waals surface area contributed by atoms with Crippen LogP contribution in [-0.4, -0.2) is 11.7 Å². The van der Waals surface area contributed by atoms with Crippen LogP contribution in [0.4, 0.5) is 0 Å². The lowest BCUT2D eigenvalue weighted by Crippen LogP contribution is -2.01. The molecule has 21 heavy (non-hydrogen) atoms. The van der Waals surface area contributed by atoms with Gasteiger partial charge in [-0.3, -0.25) is 4.79 Å². The first-order valence-electron chi connectivity index (χ1n) is 6.85. The number of rotatable bonds is 6. The Kier molecular flexibility index (Phi) is 5.45. The minimum absolute atomic E-state index is 0.186. The molecule has 0 spiro atoms. The molecule has 0 saturated heterocycles. The lowest BCUT2D eigenvalue weighted by Gasteiger charge is -2.00. The van der Waals surface area contributed by atoms with Crippen LogP contribution < -0.4 is 0 Å². The lowest BCUT2D eigenvalue weighted by atomic mass is 10.0. The molecule has 0 atom stereocenters. The Balaban J connectivity index is 1.96. The van der Waals surface area contributed by atoms with E-state index in [4.69, 9.17) is 0 Å². The maximum atomic E-state index is 12.0. The van der Waals surface area contributed by atoms with Crippen LogP contribution in [0.25, 0.3) is 6.08 Å². The average molecular weight is 276 g/mol. The summed E-state index contributed by atoms with van der Waals surface area (Å²) in [5.74, 6) is 1.50. The summed E-state index contributed by atoms with van der Waals surface area (Å²) < 4.78 is 0. The summed E-state index contributed by atoms with van der Waals surface area (Å²) in [6.45, 7) is 0. The van der Waals surface area contributed by atoms with Crippen LogP contribution >= 0.6 is 0 Å². The maximum absolute atomic E-state index is 12.0. The summed E-state index contributed by atoms with van der Waals surface area (Å²) >= 11 is 0. The van der Waals surface area contributed by atoms with Gasteiger partial charge in [0, 0.05) is 0 Å². The zero-order valence-corrected chi connectivity index (χ0v) is 11.7. The van der Waals surface area contributed by atoms with Crippen molar-refractivity contribution in [3.63, 3.8) is 0 Å². The Hall–Kier alpha value is -2.70. The standard InChI is InChI=1S/C19H16O2/c20-15-18(13-11-16-7-3-1-4-8-16)19(21)14-12-17-9-5-2-6-10-17/h1-10,12,14H,11,13H2/b14-12+. The topological polar surface area (TPSA) is 34.1 Å². The number of hydrogen-bond acceptors (Lipinski definition) is 2. The zero-order valence-electron chi connectivity index (χ0n) is 11.7. The molecule has 0 heterocycles. The van der Waals surface area contributed by atoms with Crippen molar-refractivity contribution < 1.29 is 9.59 Å². The van der Waals surface area contributed by atoms with Crippen molar-refractivity contribution in [3.8, 4) is 0 Å². The van der Waals surface area contributed by atoms with Crippen molar-refractivity contribution in [2.45, 2.75) is 12.8 Å². The molecule has 0 amide bonds. The smallest absolute Gasteiger partial charge is 0.192 e. The van der Waals surface area contributed by atoms with Gasteiger partial charge in [-0.2, -0.15) is 0 Å². The second-order valence-electron chi connectivity index (χ2n) is 4.67. The largest absolute Gasteiger partial charge is 0.289 e. The van der Waals surface area contributed by atoms with Gasteiger partial charge in [0.2, 0.25) is 0 Å². The first kappa shape index (κ1) is 14.7. The van der Waals surface area contributed by atoms with Gasteiger partial charge in [-0.05, 0) is 30.0 Å². The highest BCUT2D eigenvalue weighted by Gasteiger charge is 2.07. The monoisotopic (exact) mass is 276 g/mol. The van der Waals surface area contributed by atoms with Crippen LogP contribution in [-0.2, 0) is 16.0 Å². The van der Waals surface area contributed by atoms with Gasteiger partial charge in [-0.15, -0.1) is 0 Å². The molecule has 104 valence electrons. The van der Waals surface area contributed by atoms with Crippen LogP contribution in [0.3, 0.4) is 0 Å². The normalized spacial score (nSPS) is 10.3. The van der Waals surface area contributed by atoms with Crippen molar-refractivity contribution in [3.05, 3.63) is 83.4 Å². The third-order valence-electron chi connectivity index (χ3n) is 3.15. The predicted octanol–water partition coefficient (Wildman–Crippen LogP) is 3.66. The number of allylic oxidation sites excluding steroid dienone is 2. The highest BCUT2D eigenvalue weighted by molar-refractivity contribution is 6.11. The van der Waals surface area contributed by atoms with E-state index in [2.05, 4.69) is 0 Å². The summed E-state index contributed by atoms with van der Waals surface area (Å²) in [6.07, 6.45) is 4.21. The van der Waals surface area contributed by atoms with Crippen molar-refractivity contribution in [1.82, 2.24) is 0 Å². The number of hydrogen-bond donors (Lipinski definition) is 0. The predicted molar refractivity (Wildman–Crippen MR) is 84.5 cm³/mol.